The van der Waals surface area contributed by atoms with E-state index in [9.17, 15) is 9.59 Å². The first-order valence-electron chi connectivity index (χ1n) is 4.39. The first-order valence-corrected chi connectivity index (χ1v) is 4.39. The third kappa shape index (κ3) is 2.48. The quantitative estimate of drug-likeness (QED) is 0.619. The Morgan fingerprint density at radius 1 is 1.57 bits per heavy atom. The molecule has 1 aliphatic heterocycles. The Morgan fingerprint density at radius 2 is 2.21 bits per heavy atom. The molecule has 1 amide bonds. The van der Waals surface area contributed by atoms with Crippen LogP contribution in [-0.4, -0.2) is 54.0 Å². The number of carbonyl (C=O) groups excluding carboxylic acids is 1. The zero-order valence-corrected chi connectivity index (χ0v) is 8.36. The summed E-state index contributed by atoms with van der Waals surface area (Å²) >= 11 is 0. The maximum Gasteiger partial charge on any atom is 0.407 e. The summed E-state index contributed by atoms with van der Waals surface area (Å²) in [4.78, 5) is 25.0. The Labute approximate surface area is 82.6 Å². The van der Waals surface area contributed by atoms with Gasteiger partial charge in [0, 0.05) is 38.8 Å². The average Bonchev–Trinajstić information content (AvgIpc) is 2.07. The minimum absolute atomic E-state index is 0.0381. The first-order chi connectivity index (χ1) is 6.50. The van der Waals surface area contributed by atoms with Gasteiger partial charge in [0.25, 0.3) is 0 Å². The van der Waals surface area contributed by atoms with Crippen molar-refractivity contribution in [2.75, 3.05) is 27.2 Å². The highest BCUT2D eigenvalue weighted by Gasteiger charge is 2.24. The molecule has 0 bridgehead atoms. The lowest BCUT2D eigenvalue weighted by atomic mass is 10.0. The third-order valence-corrected chi connectivity index (χ3v) is 2.01. The number of hydrogen-bond acceptors (Lipinski definition) is 3. The lowest BCUT2D eigenvalue weighted by Gasteiger charge is -2.25. The minimum Gasteiger partial charge on any atom is -0.465 e. The normalized spacial score (nSPS) is 20.0. The summed E-state index contributed by atoms with van der Waals surface area (Å²) in [5.41, 5.74) is 0.559. The summed E-state index contributed by atoms with van der Waals surface area (Å²) in [5, 5.41) is 8.75. The van der Waals surface area contributed by atoms with Crippen molar-refractivity contribution in [3.8, 4) is 0 Å². The van der Waals surface area contributed by atoms with Crippen LogP contribution in [0.2, 0.25) is 0 Å². The van der Waals surface area contributed by atoms with E-state index < -0.39 is 6.09 Å². The van der Waals surface area contributed by atoms with Crippen LogP contribution in [0.1, 0.15) is 6.42 Å². The molecule has 1 aliphatic rings. The Bertz CT molecular complexity index is 284. The molecule has 0 unspecified atom stereocenters. The van der Waals surface area contributed by atoms with Crippen molar-refractivity contribution in [3.63, 3.8) is 0 Å². The highest BCUT2D eigenvalue weighted by atomic mass is 16.4. The van der Waals surface area contributed by atoms with E-state index in [0.29, 0.717) is 12.1 Å². The molecular weight excluding hydrogens is 184 g/mol. The predicted molar refractivity (Wildman–Crippen MR) is 51.0 cm³/mol. The molecule has 5 heteroatoms. The molecule has 0 aromatic carbocycles. The van der Waals surface area contributed by atoms with Gasteiger partial charge < -0.3 is 14.9 Å². The molecule has 1 heterocycles. The second-order valence-electron chi connectivity index (χ2n) is 3.50. The Hall–Kier alpha value is -1.52. The van der Waals surface area contributed by atoms with Gasteiger partial charge in [-0.3, -0.25) is 4.79 Å². The van der Waals surface area contributed by atoms with Crippen molar-refractivity contribution in [1.82, 2.24) is 9.80 Å². The zero-order valence-electron chi connectivity index (χ0n) is 8.36. The number of nitrogens with zero attached hydrogens (tertiary/aromatic N) is 2. The second kappa shape index (κ2) is 4.13. The Morgan fingerprint density at radius 3 is 2.71 bits per heavy atom. The summed E-state index contributed by atoms with van der Waals surface area (Å²) in [7, 11) is 3.61. The molecule has 5 nitrogen and oxygen atoms in total. The molecule has 0 saturated carbocycles. The van der Waals surface area contributed by atoms with Gasteiger partial charge in [-0.2, -0.15) is 0 Å². The van der Waals surface area contributed by atoms with Gasteiger partial charge in [0.1, 0.15) is 0 Å². The van der Waals surface area contributed by atoms with Crippen LogP contribution < -0.4 is 0 Å². The largest absolute Gasteiger partial charge is 0.465 e. The van der Waals surface area contributed by atoms with Crippen LogP contribution >= 0.6 is 0 Å². The van der Waals surface area contributed by atoms with Crippen LogP contribution in [0.3, 0.4) is 0 Å². The van der Waals surface area contributed by atoms with Gasteiger partial charge in [-0.25, -0.2) is 4.79 Å². The Balaban J connectivity index is 2.74. The number of ketones is 1. The van der Waals surface area contributed by atoms with Gasteiger partial charge in [-0.15, -0.1) is 0 Å². The zero-order chi connectivity index (χ0) is 10.7. The molecule has 0 atom stereocenters. The fraction of sp³-hybridized carbons (Fsp3) is 0.556. The maximum absolute atomic E-state index is 11.4. The van der Waals surface area contributed by atoms with Gasteiger partial charge in [0.05, 0.1) is 6.54 Å². The summed E-state index contributed by atoms with van der Waals surface area (Å²) in [6, 6.07) is 0. The van der Waals surface area contributed by atoms with E-state index in [1.165, 1.54) is 4.90 Å². The van der Waals surface area contributed by atoms with E-state index in [0.717, 1.165) is 0 Å². The average molecular weight is 198 g/mol. The molecule has 78 valence electrons. The molecule has 0 aromatic heterocycles. The molecule has 0 aliphatic carbocycles. The summed E-state index contributed by atoms with van der Waals surface area (Å²) in [5.74, 6) is 0.0381. The van der Waals surface area contributed by atoms with E-state index in [-0.39, 0.29) is 18.7 Å². The molecule has 0 spiro atoms. The van der Waals surface area contributed by atoms with Crippen molar-refractivity contribution in [3.05, 3.63) is 11.8 Å². The SMILES string of the molecule is CN(C)C=C1CN(C(=O)O)CCC1=O. The van der Waals surface area contributed by atoms with Crippen LogP contribution in [-0.2, 0) is 4.79 Å². The highest BCUT2D eigenvalue weighted by Crippen LogP contribution is 2.12. The molecular formula is C9H14N2O3. The first kappa shape index (κ1) is 10.6. The van der Waals surface area contributed by atoms with Gasteiger partial charge >= 0.3 is 6.09 Å². The fourth-order valence-corrected chi connectivity index (χ4v) is 1.36. The third-order valence-electron chi connectivity index (χ3n) is 2.01. The Kier molecular flexibility index (Phi) is 3.11. The van der Waals surface area contributed by atoms with Crippen LogP contribution in [0.4, 0.5) is 4.79 Å². The van der Waals surface area contributed by atoms with E-state index in [1.807, 2.05) is 0 Å². The second-order valence-corrected chi connectivity index (χ2v) is 3.50. The van der Waals surface area contributed by atoms with Crippen LogP contribution in [0.5, 0.6) is 0 Å². The molecule has 1 N–H and O–H groups in total. The van der Waals surface area contributed by atoms with Gasteiger partial charge in [-0.05, 0) is 0 Å². The van der Waals surface area contributed by atoms with Crippen LogP contribution in [0.25, 0.3) is 0 Å². The van der Waals surface area contributed by atoms with Crippen LogP contribution in [0, 0.1) is 0 Å². The summed E-state index contributed by atoms with van der Waals surface area (Å²) in [6.45, 7) is 0.505. The number of likely N-dealkylation sites (tertiary alicyclic amines) is 1. The number of amides is 1. The number of piperidine rings is 1. The van der Waals surface area contributed by atoms with Crippen molar-refractivity contribution in [1.29, 1.82) is 0 Å². The van der Waals surface area contributed by atoms with Crippen molar-refractivity contribution < 1.29 is 14.7 Å². The van der Waals surface area contributed by atoms with E-state index in [1.54, 1.807) is 25.2 Å². The summed E-state index contributed by atoms with van der Waals surface area (Å²) < 4.78 is 0. The number of carbonyl (C=O) groups is 2. The van der Waals surface area contributed by atoms with E-state index in [4.69, 9.17) is 5.11 Å². The number of hydrogen-bond donors (Lipinski definition) is 1. The van der Waals surface area contributed by atoms with Crippen molar-refractivity contribution in [2.45, 2.75) is 6.42 Å². The maximum atomic E-state index is 11.4. The van der Waals surface area contributed by atoms with E-state index in [2.05, 4.69) is 0 Å². The molecule has 1 rings (SSSR count). The summed E-state index contributed by atoms with van der Waals surface area (Å²) in [6.07, 6.45) is 0.991. The number of carboxylic acid groups (broad SMARTS) is 1. The molecule has 0 aromatic rings. The minimum atomic E-state index is -0.970. The number of Topliss-reactive ketones (excluding diaryl/α,β-unsaturated/α-hetero) is 1. The van der Waals surface area contributed by atoms with Gasteiger partial charge in [0.15, 0.2) is 5.78 Å². The molecule has 1 saturated heterocycles. The smallest absolute Gasteiger partial charge is 0.407 e. The van der Waals surface area contributed by atoms with Gasteiger partial charge in [-0.1, -0.05) is 0 Å². The molecule has 14 heavy (non-hydrogen) atoms. The number of rotatable bonds is 1. The van der Waals surface area contributed by atoms with Crippen molar-refractivity contribution >= 4 is 11.9 Å². The lowest BCUT2D eigenvalue weighted by Crippen LogP contribution is -2.39. The fourth-order valence-electron chi connectivity index (χ4n) is 1.36. The van der Waals surface area contributed by atoms with E-state index >= 15 is 0 Å². The topological polar surface area (TPSA) is 60.9 Å². The van der Waals surface area contributed by atoms with Crippen LogP contribution in [0.15, 0.2) is 11.8 Å². The monoisotopic (exact) mass is 198 g/mol. The highest BCUT2D eigenvalue weighted by molar-refractivity contribution is 5.97. The predicted octanol–water partition coefficient (Wildman–Crippen LogP) is 0.385. The molecule has 1 fully saturated rings. The molecule has 0 radical (unpaired) electrons. The lowest BCUT2D eigenvalue weighted by molar-refractivity contribution is -0.117. The van der Waals surface area contributed by atoms with Gasteiger partial charge in [0.2, 0.25) is 0 Å². The van der Waals surface area contributed by atoms with Crippen molar-refractivity contribution in [2.24, 2.45) is 0 Å². The standard InChI is InChI=1S/C9H14N2O3/c1-10(2)5-7-6-11(9(13)14)4-3-8(7)12/h5H,3-4,6H2,1-2H3,(H,13,14).